The number of rotatable bonds is 2. The second-order valence-corrected chi connectivity index (χ2v) is 9.84. The fourth-order valence-corrected chi connectivity index (χ4v) is 7.77. The van der Waals surface area contributed by atoms with Crippen LogP contribution >= 0.6 is 0 Å². The first kappa shape index (κ1) is 16.2. The van der Waals surface area contributed by atoms with Gasteiger partial charge in [-0.25, -0.2) is 0 Å². The highest BCUT2D eigenvalue weighted by Gasteiger charge is 2.63. The van der Waals surface area contributed by atoms with Gasteiger partial charge in [0.1, 0.15) is 0 Å². The molecule has 1 heteroatoms. The summed E-state index contributed by atoms with van der Waals surface area (Å²) >= 11 is 0. The molecular weight excluding hydrogens is 280 g/mol. The minimum atomic E-state index is -0.373. The van der Waals surface area contributed by atoms with Crippen molar-refractivity contribution < 1.29 is 5.11 Å². The highest BCUT2D eigenvalue weighted by atomic mass is 16.3. The molecule has 0 aromatic carbocycles. The number of allylic oxidation sites excluding steroid dienone is 2. The van der Waals surface area contributed by atoms with Gasteiger partial charge in [0.15, 0.2) is 0 Å². The second-order valence-electron chi connectivity index (χ2n) is 9.84. The number of hydrogen-bond donors (Lipinski definition) is 1. The summed E-state index contributed by atoms with van der Waals surface area (Å²) in [6.45, 7) is 7.29. The smallest absolute Gasteiger partial charge is 0.0703 e. The summed E-state index contributed by atoms with van der Waals surface area (Å²) in [5.74, 6) is 3.50. The lowest BCUT2D eigenvalue weighted by Crippen LogP contribution is -2.55. The third-order valence-electron chi connectivity index (χ3n) is 9.20. The first-order chi connectivity index (χ1) is 10.9. The standard InChI is InChI=1S/C22H36O/c1-4-12-22(23)15-11-19-17-9-8-16-7-5-6-13-20(16,2)18(17)10-14-21(19,22)3/h5-6,16-19,23H,4,7-15H2,1-3H3/t16-,17+,18-,19-,20-,21-,22+/m0/s1. The van der Waals surface area contributed by atoms with E-state index >= 15 is 0 Å². The maximum atomic E-state index is 11.4. The Morgan fingerprint density at radius 3 is 2.57 bits per heavy atom. The Balaban J connectivity index is 1.64. The molecule has 0 heterocycles. The Labute approximate surface area is 142 Å². The Morgan fingerprint density at radius 1 is 1.00 bits per heavy atom. The van der Waals surface area contributed by atoms with Gasteiger partial charge in [0, 0.05) is 0 Å². The molecule has 0 bridgehead atoms. The van der Waals surface area contributed by atoms with Crippen molar-refractivity contribution in [3.05, 3.63) is 12.2 Å². The van der Waals surface area contributed by atoms with Crippen LogP contribution in [0.2, 0.25) is 0 Å². The van der Waals surface area contributed by atoms with Crippen LogP contribution in [0.5, 0.6) is 0 Å². The van der Waals surface area contributed by atoms with E-state index in [0.717, 1.165) is 42.9 Å². The summed E-state index contributed by atoms with van der Waals surface area (Å²) in [7, 11) is 0. The normalized spacial score (nSPS) is 55.1. The Morgan fingerprint density at radius 2 is 1.78 bits per heavy atom. The van der Waals surface area contributed by atoms with Gasteiger partial charge in [-0.2, -0.15) is 0 Å². The predicted molar refractivity (Wildman–Crippen MR) is 96.1 cm³/mol. The zero-order valence-electron chi connectivity index (χ0n) is 15.5. The van der Waals surface area contributed by atoms with E-state index in [2.05, 4.69) is 32.9 Å². The average molecular weight is 317 g/mol. The van der Waals surface area contributed by atoms with Crippen molar-refractivity contribution in [1.29, 1.82) is 0 Å². The summed E-state index contributed by atoms with van der Waals surface area (Å²) in [5, 5.41) is 11.4. The van der Waals surface area contributed by atoms with Gasteiger partial charge in [0.25, 0.3) is 0 Å². The van der Waals surface area contributed by atoms with E-state index in [9.17, 15) is 5.11 Å². The third kappa shape index (κ3) is 2.08. The lowest BCUT2D eigenvalue weighted by Gasteiger charge is -2.60. The Kier molecular flexibility index (Phi) is 3.76. The van der Waals surface area contributed by atoms with Crippen LogP contribution in [0.1, 0.15) is 85.0 Å². The van der Waals surface area contributed by atoms with E-state index in [0.29, 0.717) is 5.41 Å². The molecule has 0 unspecified atom stereocenters. The monoisotopic (exact) mass is 316 g/mol. The topological polar surface area (TPSA) is 20.2 Å². The molecule has 23 heavy (non-hydrogen) atoms. The molecule has 4 aliphatic carbocycles. The summed E-state index contributed by atoms with van der Waals surface area (Å²) in [4.78, 5) is 0. The lowest BCUT2D eigenvalue weighted by molar-refractivity contribution is -0.147. The van der Waals surface area contributed by atoms with Crippen LogP contribution in [0.15, 0.2) is 12.2 Å². The molecule has 4 aliphatic rings. The molecule has 130 valence electrons. The molecule has 4 rings (SSSR count). The highest BCUT2D eigenvalue weighted by molar-refractivity contribution is 5.15. The molecule has 0 radical (unpaired) electrons. The van der Waals surface area contributed by atoms with E-state index in [1.165, 1.54) is 44.9 Å². The maximum absolute atomic E-state index is 11.4. The van der Waals surface area contributed by atoms with Crippen molar-refractivity contribution in [2.24, 2.45) is 34.5 Å². The van der Waals surface area contributed by atoms with Crippen molar-refractivity contribution in [1.82, 2.24) is 0 Å². The minimum absolute atomic E-state index is 0.192. The number of fused-ring (bicyclic) bond motifs is 5. The molecule has 1 nitrogen and oxygen atoms in total. The fraction of sp³-hybridized carbons (Fsp3) is 0.909. The average Bonchev–Trinajstić information content (AvgIpc) is 2.79. The molecule has 3 saturated carbocycles. The molecular formula is C22H36O. The lowest BCUT2D eigenvalue weighted by atomic mass is 9.45. The van der Waals surface area contributed by atoms with Crippen molar-refractivity contribution >= 4 is 0 Å². The Hall–Kier alpha value is -0.300. The molecule has 7 atom stereocenters. The van der Waals surface area contributed by atoms with Gasteiger partial charge in [-0.15, -0.1) is 0 Å². The van der Waals surface area contributed by atoms with E-state index in [1.54, 1.807) is 0 Å². The van der Waals surface area contributed by atoms with Gasteiger partial charge in [0.2, 0.25) is 0 Å². The minimum Gasteiger partial charge on any atom is -0.389 e. The number of hydrogen-bond acceptors (Lipinski definition) is 1. The van der Waals surface area contributed by atoms with Gasteiger partial charge >= 0.3 is 0 Å². The van der Waals surface area contributed by atoms with Crippen molar-refractivity contribution in [2.45, 2.75) is 90.6 Å². The van der Waals surface area contributed by atoms with Crippen LogP contribution in [0.3, 0.4) is 0 Å². The van der Waals surface area contributed by atoms with Crippen LogP contribution < -0.4 is 0 Å². The third-order valence-corrected chi connectivity index (χ3v) is 9.20. The van der Waals surface area contributed by atoms with Crippen LogP contribution in [-0.4, -0.2) is 10.7 Å². The molecule has 0 saturated heterocycles. The van der Waals surface area contributed by atoms with E-state index < -0.39 is 0 Å². The van der Waals surface area contributed by atoms with Gasteiger partial charge < -0.3 is 5.11 Å². The van der Waals surface area contributed by atoms with Crippen LogP contribution in [0.4, 0.5) is 0 Å². The highest BCUT2D eigenvalue weighted by Crippen LogP contribution is 2.68. The van der Waals surface area contributed by atoms with E-state index in [-0.39, 0.29) is 11.0 Å². The summed E-state index contributed by atoms with van der Waals surface area (Å²) in [6.07, 6.45) is 17.5. The van der Waals surface area contributed by atoms with E-state index in [4.69, 9.17) is 0 Å². The second kappa shape index (κ2) is 5.35. The van der Waals surface area contributed by atoms with Gasteiger partial charge in [0.05, 0.1) is 5.60 Å². The van der Waals surface area contributed by atoms with Crippen LogP contribution in [0, 0.1) is 34.5 Å². The largest absolute Gasteiger partial charge is 0.389 e. The zero-order valence-corrected chi connectivity index (χ0v) is 15.5. The summed E-state index contributed by atoms with van der Waals surface area (Å²) in [6, 6.07) is 0. The maximum Gasteiger partial charge on any atom is 0.0703 e. The number of aliphatic hydroxyl groups is 1. The first-order valence-electron chi connectivity index (χ1n) is 10.3. The summed E-state index contributed by atoms with van der Waals surface area (Å²) < 4.78 is 0. The Bertz CT molecular complexity index is 496. The zero-order chi connectivity index (χ0) is 16.3. The van der Waals surface area contributed by atoms with Crippen LogP contribution in [0.25, 0.3) is 0 Å². The van der Waals surface area contributed by atoms with Gasteiger partial charge in [-0.05, 0) is 92.3 Å². The molecule has 3 fully saturated rings. The molecule has 0 amide bonds. The first-order valence-corrected chi connectivity index (χ1v) is 10.3. The molecule has 0 spiro atoms. The van der Waals surface area contributed by atoms with Crippen LogP contribution in [-0.2, 0) is 0 Å². The SMILES string of the molecule is CCC[C@@]1(O)CC[C@H]2[C@@H]3CC[C@@H]4CC=CC[C@]4(C)[C@H]3CC[C@@]21C. The van der Waals surface area contributed by atoms with Crippen molar-refractivity contribution in [3.8, 4) is 0 Å². The van der Waals surface area contributed by atoms with Crippen molar-refractivity contribution in [2.75, 3.05) is 0 Å². The predicted octanol–water partition coefficient (Wildman–Crippen LogP) is 5.73. The van der Waals surface area contributed by atoms with Crippen molar-refractivity contribution in [3.63, 3.8) is 0 Å². The molecule has 0 aliphatic heterocycles. The molecule has 1 N–H and O–H groups in total. The van der Waals surface area contributed by atoms with E-state index in [1.807, 2.05) is 0 Å². The molecule has 0 aromatic rings. The quantitative estimate of drug-likeness (QED) is 0.645. The van der Waals surface area contributed by atoms with Gasteiger partial charge in [-0.1, -0.05) is 39.3 Å². The summed E-state index contributed by atoms with van der Waals surface area (Å²) in [5.41, 5.74) is 0.365. The fourth-order valence-electron chi connectivity index (χ4n) is 7.77. The molecule has 0 aromatic heterocycles. The van der Waals surface area contributed by atoms with Gasteiger partial charge in [-0.3, -0.25) is 0 Å².